The number of anilines is 1. The molecule has 186 valence electrons. The van der Waals surface area contributed by atoms with Crippen molar-refractivity contribution in [1.82, 2.24) is 14.3 Å². The van der Waals surface area contributed by atoms with Gasteiger partial charge in [0.2, 0.25) is 5.91 Å². The fourth-order valence-corrected chi connectivity index (χ4v) is 5.15. The first-order valence-corrected chi connectivity index (χ1v) is 12.6. The van der Waals surface area contributed by atoms with Crippen LogP contribution in [0.2, 0.25) is 0 Å². The van der Waals surface area contributed by atoms with Gasteiger partial charge in [0.15, 0.2) is 0 Å². The molecule has 3 aromatic rings. The first-order valence-electron chi connectivity index (χ1n) is 11.3. The fourth-order valence-electron chi connectivity index (χ4n) is 3.86. The van der Waals surface area contributed by atoms with Crippen LogP contribution in [0.25, 0.3) is 11.8 Å². The average Bonchev–Trinajstić information content (AvgIpc) is 3.26. The van der Waals surface area contributed by atoms with Gasteiger partial charge in [-0.3, -0.25) is 24.0 Å². The van der Waals surface area contributed by atoms with E-state index in [0.717, 1.165) is 23.1 Å². The second-order valence-corrected chi connectivity index (χ2v) is 9.57. The summed E-state index contributed by atoms with van der Waals surface area (Å²) in [6.07, 6.45) is 2.42. The summed E-state index contributed by atoms with van der Waals surface area (Å²) in [6.45, 7) is 2.10. The van der Waals surface area contributed by atoms with E-state index >= 15 is 0 Å². The van der Waals surface area contributed by atoms with E-state index in [9.17, 15) is 14.4 Å². The predicted octanol–water partition coefficient (Wildman–Crippen LogP) is 4.75. The van der Waals surface area contributed by atoms with E-state index < -0.39 is 0 Å². The Morgan fingerprint density at radius 3 is 2.47 bits per heavy atom. The van der Waals surface area contributed by atoms with Crippen LogP contribution in [0.15, 0.2) is 64.3 Å². The first kappa shape index (κ1) is 25.5. The molecule has 4 rings (SSSR count). The number of methoxy groups -OCH3 is 1. The van der Waals surface area contributed by atoms with Crippen LogP contribution < -0.4 is 15.6 Å². The van der Waals surface area contributed by atoms with E-state index in [2.05, 4.69) is 5.32 Å². The average molecular weight is 523 g/mol. The molecule has 2 heterocycles. The van der Waals surface area contributed by atoms with Crippen LogP contribution in [0.4, 0.5) is 10.5 Å². The van der Waals surface area contributed by atoms with Gasteiger partial charge >= 0.3 is 0 Å². The molecule has 10 heteroatoms. The van der Waals surface area contributed by atoms with Crippen LogP contribution in [0.3, 0.4) is 0 Å². The first-order chi connectivity index (χ1) is 17.3. The topological polar surface area (TPSA) is 85.6 Å². The number of benzene rings is 2. The van der Waals surface area contributed by atoms with Gasteiger partial charge in [-0.05, 0) is 61.0 Å². The fraction of sp³-hybridized carbons (Fsp3) is 0.231. The van der Waals surface area contributed by atoms with Crippen LogP contribution in [0.1, 0.15) is 24.1 Å². The third-order valence-electron chi connectivity index (χ3n) is 5.89. The van der Waals surface area contributed by atoms with Gasteiger partial charge in [-0.25, -0.2) is 4.68 Å². The number of para-hydroxylation sites is 1. The number of thioether (sulfide) groups is 1. The molecule has 0 atom stereocenters. The van der Waals surface area contributed by atoms with Gasteiger partial charge in [-0.15, -0.1) is 0 Å². The van der Waals surface area contributed by atoms with Crippen molar-refractivity contribution in [2.45, 2.75) is 19.8 Å². The molecule has 1 N–H and O–H groups in total. The van der Waals surface area contributed by atoms with Gasteiger partial charge in [0, 0.05) is 20.0 Å². The third-order valence-corrected chi connectivity index (χ3v) is 7.39. The van der Waals surface area contributed by atoms with Crippen molar-refractivity contribution in [1.29, 1.82) is 0 Å². The molecule has 0 saturated carbocycles. The van der Waals surface area contributed by atoms with Gasteiger partial charge in [-0.1, -0.05) is 42.5 Å². The van der Waals surface area contributed by atoms with Crippen LogP contribution in [0.5, 0.6) is 5.75 Å². The maximum atomic E-state index is 13.0. The highest BCUT2D eigenvalue weighted by Gasteiger charge is 2.31. The van der Waals surface area contributed by atoms with Crippen molar-refractivity contribution in [3.05, 3.63) is 81.1 Å². The molecule has 0 bridgehead atoms. The normalized spacial score (nSPS) is 14.5. The molecule has 1 aliphatic rings. The number of hydrogen-bond donors (Lipinski definition) is 1. The maximum Gasteiger partial charge on any atom is 0.295 e. The summed E-state index contributed by atoms with van der Waals surface area (Å²) >= 11 is 6.59. The van der Waals surface area contributed by atoms with Crippen LogP contribution in [-0.2, 0) is 11.8 Å². The Kier molecular flexibility index (Phi) is 7.76. The highest BCUT2D eigenvalue weighted by molar-refractivity contribution is 8.19. The van der Waals surface area contributed by atoms with E-state index in [1.165, 1.54) is 9.58 Å². The summed E-state index contributed by atoms with van der Waals surface area (Å²) in [6, 6.07) is 16.7. The number of hydrogen-bond acceptors (Lipinski definition) is 6. The van der Waals surface area contributed by atoms with Crippen molar-refractivity contribution in [2.24, 2.45) is 7.05 Å². The standard InChI is InChI=1S/C26H26N4O4S2/c1-17-23(24(32)30(28(17)2)19-8-5-4-6-9-19)27-22(31)10-7-15-29-25(35)21(36-26(29)33)16-18-11-13-20(34-3)14-12-18/h4-6,8-9,11-14,16H,7,10,15H2,1-3H3,(H,27,31)/b21-16+. The van der Waals surface area contributed by atoms with E-state index in [1.54, 1.807) is 25.8 Å². The SMILES string of the molecule is COc1ccc(/C=C2/SC(=O)N(CCCC(=O)Nc3c(C)n(C)n(-c4ccccc4)c3=O)C2=S)cc1. The van der Waals surface area contributed by atoms with Gasteiger partial charge in [0.25, 0.3) is 10.8 Å². The Labute approximate surface area is 218 Å². The Hall–Kier alpha value is -3.63. The lowest BCUT2D eigenvalue weighted by atomic mass is 10.2. The van der Waals surface area contributed by atoms with E-state index in [4.69, 9.17) is 17.0 Å². The number of aromatic nitrogens is 2. The predicted molar refractivity (Wildman–Crippen MR) is 147 cm³/mol. The Bertz CT molecular complexity index is 1390. The monoisotopic (exact) mass is 522 g/mol. The Morgan fingerprint density at radius 2 is 1.81 bits per heavy atom. The summed E-state index contributed by atoms with van der Waals surface area (Å²) in [5.74, 6) is 0.458. The summed E-state index contributed by atoms with van der Waals surface area (Å²) in [5, 5.41) is 2.59. The molecule has 36 heavy (non-hydrogen) atoms. The molecule has 1 saturated heterocycles. The van der Waals surface area contributed by atoms with E-state index in [0.29, 0.717) is 34.2 Å². The molecular formula is C26H26N4O4S2. The number of nitrogens with one attached hydrogen (secondary N) is 1. The van der Waals surface area contributed by atoms with Gasteiger partial charge in [0.1, 0.15) is 16.4 Å². The van der Waals surface area contributed by atoms with Gasteiger partial charge < -0.3 is 10.1 Å². The molecule has 1 aliphatic heterocycles. The largest absolute Gasteiger partial charge is 0.497 e. The number of ether oxygens (including phenoxy) is 1. The van der Waals surface area contributed by atoms with Gasteiger partial charge in [-0.2, -0.15) is 0 Å². The maximum absolute atomic E-state index is 13.0. The molecule has 0 radical (unpaired) electrons. The second-order valence-electron chi connectivity index (χ2n) is 8.19. The molecule has 1 fully saturated rings. The molecule has 0 unspecified atom stereocenters. The van der Waals surface area contributed by atoms with Crippen molar-refractivity contribution in [2.75, 3.05) is 19.0 Å². The number of nitrogens with zero attached hydrogens (tertiary/aromatic N) is 3. The van der Waals surface area contributed by atoms with Crippen molar-refractivity contribution < 1.29 is 14.3 Å². The number of amides is 2. The molecule has 2 amide bonds. The summed E-state index contributed by atoms with van der Waals surface area (Å²) in [7, 11) is 3.38. The smallest absolute Gasteiger partial charge is 0.295 e. The highest BCUT2D eigenvalue weighted by Crippen LogP contribution is 2.33. The molecule has 0 spiro atoms. The number of carbonyl (C=O) groups is 2. The van der Waals surface area contributed by atoms with Crippen molar-refractivity contribution in [3.8, 4) is 11.4 Å². The minimum Gasteiger partial charge on any atom is -0.497 e. The molecular weight excluding hydrogens is 496 g/mol. The summed E-state index contributed by atoms with van der Waals surface area (Å²) in [5.41, 5.74) is 2.23. The van der Waals surface area contributed by atoms with E-state index in [-0.39, 0.29) is 28.8 Å². The quantitative estimate of drug-likeness (QED) is 0.340. The highest BCUT2D eigenvalue weighted by atomic mass is 32.2. The van der Waals surface area contributed by atoms with Crippen molar-refractivity contribution in [3.63, 3.8) is 0 Å². The number of thiocarbonyl (C=S) groups is 1. The lowest BCUT2D eigenvalue weighted by Crippen LogP contribution is -2.29. The molecule has 1 aromatic heterocycles. The zero-order valence-corrected chi connectivity index (χ0v) is 21.8. The molecule has 8 nitrogen and oxygen atoms in total. The minimum atomic E-state index is -0.296. The molecule has 0 aliphatic carbocycles. The second kappa shape index (κ2) is 11.0. The van der Waals surface area contributed by atoms with E-state index in [1.807, 2.05) is 60.7 Å². The lowest BCUT2D eigenvalue weighted by molar-refractivity contribution is -0.116. The summed E-state index contributed by atoms with van der Waals surface area (Å²) < 4.78 is 8.39. The van der Waals surface area contributed by atoms with Crippen LogP contribution >= 0.6 is 24.0 Å². The lowest BCUT2D eigenvalue weighted by Gasteiger charge is -2.14. The van der Waals surface area contributed by atoms with Crippen molar-refractivity contribution >= 4 is 51.9 Å². The number of rotatable bonds is 8. The molecule has 2 aromatic carbocycles. The Balaban J connectivity index is 1.36. The third kappa shape index (κ3) is 5.29. The Morgan fingerprint density at radius 1 is 1.11 bits per heavy atom. The zero-order valence-electron chi connectivity index (χ0n) is 20.2. The number of carbonyl (C=O) groups excluding carboxylic acids is 2. The van der Waals surface area contributed by atoms with Gasteiger partial charge in [0.05, 0.1) is 23.4 Å². The van der Waals surface area contributed by atoms with Crippen LogP contribution in [-0.4, -0.2) is 44.1 Å². The minimum absolute atomic E-state index is 0.147. The summed E-state index contributed by atoms with van der Waals surface area (Å²) in [4.78, 5) is 40.8. The zero-order chi connectivity index (χ0) is 25.8. The van der Waals surface area contributed by atoms with Crippen LogP contribution in [0, 0.1) is 6.92 Å².